The van der Waals surface area contributed by atoms with Crippen molar-refractivity contribution in [3.63, 3.8) is 0 Å². The van der Waals surface area contributed by atoms with E-state index < -0.39 is 41.4 Å². The molecule has 0 spiro atoms. The topological polar surface area (TPSA) is 103 Å². The quantitative estimate of drug-likeness (QED) is 0.599. The van der Waals surface area contributed by atoms with E-state index in [9.17, 15) is 18.7 Å². The Morgan fingerprint density at radius 2 is 2.15 bits per heavy atom. The standard InChI is InChI=1S/C18H25F2N3O4/c1-18(2,27-3)14(24)9-22-16-13(23-17(25)26)7-10(8-21-16)11-5-4-6-12(19)15(11)20/h4-6,10,13-14,23-24H,7-9H2,1-3H3,(H,21,22)(H,25,26)/t10-,13+,14?/m1/s1. The summed E-state index contributed by atoms with van der Waals surface area (Å²) >= 11 is 0. The number of hydrogen-bond donors (Lipinski definition) is 4. The van der Waals surface area contributed by atoms with Gasteiger partial charge < -0.3 is 25.6 Å². The number of halogens is 2. The van der Waals surface area contributed by atoms with Crippen LogP contribution in [0.2, 0.25) is 0 Å². The molecule has 0 fully saturated rings. The van der Waals surface area contributed by atoms with Crippen LogP contribution in [0.1, 0.15) is 31.7 Å². The number of methoxy groups -OCH3 is 1. The molecule has 27 heavy (non-hydrogen) atoms. The number of nitrogens with zero attached hydrogens (tertiary/aromatic N) is 1. The second kappa shape index (κ2) is 8.62. The molecular weight excluding hydrogens is 360 g/mol. The van der Waals surface area contributed by atoms with Crippen LogP contribution in [-0.2, 0) is 4.74 Å². The second-order valence-corrected chi connectivity index (χ2v) is 7.01. The maximum atomic E-state index is 14.1. The number of aliphatic imine (C=N–C) groups is 1. The SMILES string of the molecule is COC(C)(C)C(O)CNC1=NC[C@H](c2cccc(F)c2F)C[C@@H]1NC(=O)O. The maximum Gasteiger partial charge on any atom is 0.405 e. The van der Waals surface area contributed by atoms with Crippen molar-refractivity contribution in [3.05, 3.63) is 35.4 Å². The Kier molecular flexibility index (Phi) is 6.72. The first-order valence-electron chi connectivity index (χ1n) is 8.60. The highest BCUT2D eigenvalue weighted by atomic mass is 19.2. The number of ether oxygens (including phenoxy) is 1. The molecule has 1 unspecified atom stereocenters. The zero-order valence-electron chi connectivity index (χ0n) is 15.5. The molecule has 150 valence electrons. The van der Waals surface area contributed by atoms with Gasteiger partial charge in [-0.2, -0.15) is 0 Å². The molecule has 0 saturated heterocycles. The van der Waals surface area contributed by atoms with Gasteiger partial charge >= 0.3 is 6.09 Å². The van der Waals surface area contributed by atoms with E-state index in [-0.39, 0.29) is 25.1 Å². The van der Waals surface area contributed by atoms with Crippen LogP contribution >= 0.6 is 0 Å². The maximum absolute atomic E-state index is 14.1. The van der Waals surface area contributed by atoms with Crippen molar-refractivity contribution in [1.82, 2.24) is 10.6 Å². The Morgan fingerprint density at radius 3 is 2.78 bits per heavy atom. The lowest BCUT2D eigenvalue weighted by Crippen LogP contribution is -2.53. The number of carboxylic acid groups (broad SMARTS) is 1. The third-order valence-corrected chi connectivity index (χ3v) is 4.86. The summed E-state index contributed by atoms with van der Waals surface area (Å²) in [5.41, 5.74) is -0.638. The van der Waals surface area contributed by atoms with Gasteiger partial charge in [-0.3, -0.25) is 4.99 Å². The lowest BCUT2D eigenvalue weighted by Gasteiger charge is -2.33. The average Bonchev–Trinajstić information content (AvgIpc) is 2.62. The van der Waals surface area contributed by atoms with Crippen molar-refractivity contribution in [1.29, 1.82) is 0 Å². The third-order valence-electron chi connectivity index (χ3n) is 4.86. The summed E-state index contributed by atoms with van der Waals surface area (Å²) in [6.45, 7) is 3.70. The van der Waals surface area contributed by atoms with Crippen molar-refractivity contribution in [3.8, 4) is 0 Å². The van der Waals surface area contributed by atoms with Gasteiger partial charge in [0.2, 0.25) is 0 Å². The number of aliphatic hydroxyl groups is 1. The summed E-state index contributed by atoms with van der Waals surface area (Å²) < 4.78 is 32.8. The Labute approximate surface area is 156 Å². The highest BCUT2D eigenvalue weighted by molar-refractivity contribution is 5.90. The average molecular weight is 385 g/mol. The van der Waals surface area contributed by atoms with Crippen LogP contribution in [0.5, 0.6) is 0 Å². The van der Waals surface area contributed by atoms with E-state index in [1.54, 1.807) is 13.8 Å². The third kappa shape index (κ3) is 5.14. The van der Waals surface area contributed by atoms with E-state index in [1.807, 2.05) is 0 Å². The highest BCUT2D eigenvalue weighted by Crippen LogP contribution is 2.28. The predicted molar refractivity (Wildman–Crippen MR) is 96.1 cm³/mol. The number of amidine groups is 1. The van der Waals surface area contributed by atoms with Gasteiger partial charge in [0.25, 0.3) is 0 Å². The Morgan fingerprint density at radius 1 is 1.44 bits per heavy atom. The molecule has 1 aliphatic rings. The number of rotatable bonds is 6. The number of aliphatic hydroxyl groups excluding tert-OH is 1. The van der Waals surface area contributed by atoms with E-state index in [1.165, 1.54) is 19.2 Å². The molecule has 0 saturated carbocycles. The molecule has 1 amide bonds. The normalized spacial score (nSPS) is 21.3. The lowest BCUT2D eigenvalue weighted by atomic mass is 9.89. The minimum Gasteiger partial charge on any atom is -0.465 e. The van der Waals surface area contributed by atoms with Gasteiger partial charge in [0.1, 0.15) is 5.84 Å². The Bertz CT molecular complexity index is 712. The number of nitrogens with one attached hydrogen (secondary N) is 2. The largest absolute Gasteiger partial charge is 0.465 e. The lowest BCUT2D eigenvalue weighted by molar-refractivity contribution is -0.0742. The van der Waals surface area contributed by atoms with Gasteiger partial charge in [-0.1, -0.05) is 12.1 Å². The molecule has 1 aromatic carbocycles. The van der Waals surface area contributed by atoms with E-state index >= 15 is 0 Å². The molecule has 0 bridgehead atoms. The van der Waals surface area contributed by atoms with Gasteiger partial charge in [-0.15, -0.1) is 0 Å². The fraction of sp³-hybridized carbons (Fsp3) is 0.556. The number of amides is 1. The van der Waals surface area contributed by atoms with Crippen LogP contribution in [0.15, 0.2) is 23.2 Å². The molecule has 4 N–H and O–H groups in total. The van der Waals surface area contributed by atoms with Gasteiger partial charge in [-0.25, -0.2) is 13.6 Å². The molecular formula is C18H25F2N3O4. The first-order valence-corrected chi connectivity index (χ1v) is 8.60. The monoisotopic (exact) mass is 385 g/mol. The summed E-state index contributed by atoms with van der Waals surface area (Å²) in [7, 11) is 1.48. The molecule has 1 aromatic rings. The summed E-state index contributed by atoms with van der Waals surface area (Å²) in [5.74, 6) is -2.02. The molecule has 0 aliphatic carbocycles. The molecule has 9 heteroatoms. The van der Waals surface area contributed by atoms with Gasteiger partial charge in [0, 0.05) is 26.1 Å². The summed E-state index contributed by atoms with van der Waals surface area (Å²) in [6.07, 6.45) is -1.91. The first kappa shape index (κ1) is 21.0. The Balaban J connectivity index is 2.16. The van der Waals surface area contributed by atoms with Crippen molar-refractivity contribution >= 4 is 11.9 Å². The van der Waals surface area contributed by atoms with E-state index in [2.05, 4.69) is 15.6 Å². The predicted octanol–water partition coefficient (Wildman–Crippen LogP) is 1.86. The number of benzene rings is 1. The highest BCUT2D eigenvalue weighted by Gasteiger charge is 2.32. The van der Waals surface area contributed by atoms with Crippen LogP contribution in [0.4, 0.5) is 13.6 Å². The number of carbonyl (C=O) groups is 1. The molecule has 3 atom stereocenters. The van der Waals surface area contributed by atoms with Crippen LogP contribution in [-0.4, -0.2) is 60.1 Å². The summed E-state index contributed by atoms with van der Waals surface area (Å²) in [5, 5.41) is 24.6. The smallest absolute Gasteiger partial charge is 0.405 e. The molecule has 1 heterocycles. The minimum atomic E-state index is -1.26. The zero-order chi connectivity index (χ0) is 20.2. The zero-order valence-corrected chi connectivity index (χ0v) is 15.5. The van der Waals surface area contributed by atoms with Crippen molar-refractivity contribution in [2.45, 2.75) is 43.9 Å². The number of hydrogen-bond acceptors (Lipinski definition) is 5. The van der Waals surface area contributed by atoms with Crippen molar-refractivity contribution < 1.29 is 28.5 Å². The second-order valence-electron chi connectivity index (χ2n) is 7.01. The molecule has 0 radical (unpaired) electrons. The first-order chi connectivity index (χ1) is 12.7. The molecule has 7 nitrogen and oxygen atoms in total. The van der Waals surface area contributed by atoms with E-state index in [0.29, 0.717) is 5.84 Å². The van der Waals surface area contributed by atoms with Crippen LogP contribution in [0, 0.1) is 11.6 Å². The van der Waals surface area contributed by atoms with Gasteiger partial charge in [0.15, 0.2) is 11.6 Å². The molecule has 2 rings (SSSR count). The fourth-order valence-electron chi connectivity index (χ4n) is 2.89. The molecule has 1 aliphatic heterocycles. The van der Waals surface area contributed by atoms with Crippen LogP contribution in [0.25, 0.3) is 0 Å². The van der Waals surface area contributed by atoms with Crippen molar-refractivity contribution in [2.24, 2.45) is 4.99 Å². The van der Waals surface area contributed by atoms with Gasteiger partial charge in [-0.05, 0) is 31.9 Å². The van der Waals surface area contributed by atoms with Crippen LogP contribution < -0.4 is 10.6 Å². The Hall–Kier alpha value is -2.26. The summed E-state index contributed by atoms with van der Waals surface area (Å²) in [6, 6.07) is 3.18. The summed E-state index contributed by atoms with van der Waals surface area (Å²) in [4.78, 5) is 15.4. The van der Waals surface area contributed by atoms with Gasteiger partial charge in [0.05, 0.1) is 17.7 Å². The fourth-order valence-corrected chi connectivity index (χ4v) is 2.89. The van der Waals surface area contributed by atoms with Crippen molar-refractivity contribution in [2.75, 3.05) is 20.2 Å². The van der Waals surface area contributed by atoms with E-state index in [0.717, 1.165) is 6.07 Å². The van der Waals surface area contributed by atoms with E-state index in [4.69, 9.17) is 9.84 Å². The molecule has 0 aromatic heterocycles. The minimum absolute atomic E-state index is 0.0937. The van der Waals surface area contributed by atoms with Crippen LogP contribution in [0.3, 0.4) is 0 Å².